The summed E-state index contributed by atoms with van der Waals surface area (Å²) < 4.78 is 10.6. The third-order valence-corrected chi connectivity index (χ3v) is 5.47. The van der Waals surface area contributed by atoms with Crippen molar-refractivity contribution in [2.45, 2.75) is 25.3 Å². The van der Waals surface area contributed by atoms with Gasteiger partial charge in [-0.2, -0.15) is 0 Å². The number of hydrogen-bond acceptors (Lipinski definition) is 5. The van der Waals surface area contributed by atoms with Crippen LogP contribution in [-0.2, 0) is 20.7 Å². The van der Waals surface area contributed by atoms with Crippen LogP contribution < -0.4 is 21.1 Å². The largest absolute Gasteiger partial charge is 0.497 e. The molecule has 0 saturated carbocycles. The molecule has 9 nitrogen and oxygen atoms in total. The van der Waals surface area contributed by atoms with Gasteiger partial charge in [-0.05, 0) is 37.0 Å². The zero-order chi connectivity index (χ0) is 20.9. The Morgan fingerprint density at radius 2 is 2.00 bits per heavy atom. The van der Waals surface area contributed by atoms with Crippen molar-refractivity contribution in [3.05, 3.63) is 29.8 Å². The van der Waals surface area contributed by atoms with Crippen molar-refractivity contribution in [3.63, 3.8) is 0 Å². The Bertz CT molecular complexity index is 757. The molecule has 29 heavy (non-hydrogen) atoms. The van der Waals surface area contributed by atoms with E-state index < -0.39 is 11.4 Å². The lowest BCUT2D eigenvalue weighted by Crippen LogP contribution is -2.67. The minimum absolute atomic E-state index is 0.0564. The zero-order valence-electron chi connectivity index (χ0n) is 16.6. The second-order valence-electron chi connectivity index (χ2n) is 7.64. The molecular weight excluding hydrogens is 376 g/mol. The Balaban J connectivity index is 1.70. The number of nitrogens with one attached hydrogen (secondary N) is 2. The first kappa shape index (κ1) is 20.9. The highest BCUT2D eigenvalue weighted by Crippen LogP contribution is 2.36. The highest BCUT2D eigenvalue weighted by Gasteiger charge is 2.51. The van der Waals surface area contributed by atoms with E-state index in [4.69, 9.17) is 15.2 Å². The van der Waals surface area contributed by atoms with Crippen LogP contribution in [0.3, 0.4) is 0 Å². The van der Waals surface area contributed by atoms with Crippen LogP contribution in [0.25, 0.3) is 0 Å². The molecule has 4 N–H and O–H groups in total. The minimum Gasteiger partial charge on any atom is -0.497 e. The van der Waals surface area contributed by atoms with Crippen molar-refractivity contribution in [1.29, 1.82) is 0 Å². The Morgan fingerprint density at radius 3 is 2.66 bits per heavy atom. The summed E-state index contributed by atoms with van der Waals surface area (Å²) in [6, 6.07) is 6.92. The lowest BCUT2D eigenvalue weighted by atomic mass is 9.73. The number of primary amides is 1. The molecule has 1 aromatic rings. The van der Waals surface area contributed by atoms with E-state index in [1.165, 1.54) is 0 Å². The fraction of sp³-hybridized carbons (Fsp3) is 0.550. The van der Waals surface area contributed by atoms with Crippen LogP contribution in [0.5, 0.6) is 5.75 Å². The summed E-state index contributed by atoms with van der Waals surface area (Å²) in [4.78, 5) is 37.9. The van der Waals surface area contributed by atoms with Crippen LogP contribution >= 0.6 is 0 Å². The van der Waals surface area contributed by atoms with Crippen LogP contribution in [0.2, 0.25) is 0 Å². The molecule has 2 aliphatic heterocycles. The van der Waals surface area contributed by atoms with Crippen molar-refractivity contribution in [2.75, 3.05) is 40.0 Å². The predicted octanol–water partition coefficient (Wildman–Crippen LogP) is 0.0298. The Kier molecular flexibility index (Phi) is 6.58. The molecule has 0 aromatic heterocycles. The molecule has 2 saturated heterocycles. The molecule has 158 valence electrons. The van der Waals surface area contributed by atoms with Gasteiger partial charge in [0.2, 0.25) is 11.8 Å². The maximum atomic E-state index is 13.2. The molecule has 0 spiro atoms. The van der Waals surface area contributed by atoms with Crippen LogP contribution in [0.1, 0.15) is 18.4 Å². The fourth-order valence-electron chi connectivity index (χ4n) is 3.82. The number of ether oxygens (including phenoxy) is 2. The van der Waals surface area contributed by atoms with Crippen LogP contribution in [0.4, 0.5) is 4.79 Å². The van der Waals surface area contributed by atoms with Crippen molar-refractivity contribution < 1.29 is 23.9 Å². The van der Waals surface area contributed by atoms with Crippen molar-refractivity contribution in [3.8, 4) is 5.75 Å². The van der Waals surface area contributed by atoms with Gasteiger partial charge in [-0.3, -0.25) is 9.59 Å². The number of rotatable bonds is 7. The van der Waals surface area contributed by atoms with Crippen LogP contribution in [-0.4, -0.2) is 68.7 Å². The summed E-state index contributed by atoms with van der Waals surface area (Å²) in [5.41, 5.74) is 5.28. The van der Waals surface area contributed by atoms with E-state index >= 15 is 0 Å². The van der Waals surface area contributed by atoms with Gasteiger partial charge < -0.3 is 30.7 Å². The summed E-state index contributed by atoms with van der Waals surface area (Å²) in [6.07, 6.45) is 2.06. The maximum absolute atomic E-state index is 13.2. The first-order chi connectivity index (χ1) is 13.9. The molecule has 0 unspecified atom stereocenters. The SMILES string of the molecule is COc1cccc(CC2(C(=O)NC3CCOCC3)CN(C(=O)CNC(N)=O)C2)c1. The topological polar surface area (TPSA) is 123 Å². The highest BCUT2D eigenvalue weighted by atomic mass is 16.5. The Labute approximate surface area is 169 Å². The summed E-state index contributed by atoms with van der Waals surface area (Å²) in [6.45, 7) is 1.68. The average molecular weight is 404 g/mol. The molecular formula is C20H28N4O5. The molecule has 0 atom stereocenters. The second kappa shape index (κ2) is 9.13. The van der Waals surface area contributed by atoms with Crippen LogP contribution in [0.15, 0.2) is 24.3 Å². The molecule has 0 bridgehead atoms. The Hall–Kier alpha value is -2.81. The number of amides is 4. The van der Waals surface area contributed by atoms with Gasteiger partial charge in [0.05, 0.1) is 19.1 Å². The first-order valence-corrected chi connectivity index (χ1v) is 9.74. The van der Waals surface area contributed by atoms with Gasteiger partial charge in [0.1, 0.15) is 5.75 Å². The van der Waals surface area contributed by atoms with Gasteiger partial charge in [0.25, 0.3) is 0 Å². The zero-order valence-corrected chi connectivity index (χ0v) is 16.6. The molecule has 0 radical (unpaired) electrons. The van der Waals surface area contributed by atoms with Crippen molar-refractivity contribution in [1.82, 2.24) is 15.5 Å². The third-order valence-electron chi connectivity index (χ3n) is 5.47. The van der Waals surface area contributed by atoms with Crippen molar-refractivity contribution in [2.24, 2.45) is 11.1 Å². The molecule has 2 aliphatic rings. The number of carbonyl (C=O) groups excluding carboxylic acids is 3. The number of carbonyl (C=O) groups is 3. The number of benzene rings is 1. The van der Waals surface area contributed by atoms with E-state index in [2.05, 4.69) is 10.6 Å². The number of methoxy groups -OCH3 is 1. The number of urea groups is 1. The van der Waals surface area contributed by atoms with Gasteiger partial charge >= 0.3 is 6.03 Å². The lowest BCUT2D eigenvalue weighted by Gasteiger charge is -2.49. The van der Waals surface area contributed by atoms with Crippen molar-refractivity contribution >= 4 is 17.8 Å². The molecule has 3 rings (SSSR count). The van der Waals surface area contributed by atoms with E-state index in [1.807, 2.05) is 24.3 Å². The summed E-state index contributed by atoms with van der Waals surface area (Å²) in [7, 11) is 1.60. The number of nitrogens with two attached hydrogens (primary N) is 1. The average Bonchev–Trinajstić information content (AvgIpc) is 2.69. The number of likely N-dealkylation sites (tertiary alicyclic amines) is 1. The molecule has 1 aromatic carbocycles. The number of hydrogen-bond donors (Lipinski definition) is 3. The van der Waals surface area contributed by atoms with Gasteiger partial charge in [-0.1, -0.05) is 12.1 Å². The van der Waals surface area contributed by atoms with Gasteiger partial charge in [0.15, 0.2) is 0 Å². The van der Waals surface area contributed by atoms with Crippen LogP contribution in [0, 0.1) is 5.41 Å². The van der Waals surface area contributed by atoms with E-state index in [0.717, 1.165) is 24.2 Å². The van der Waals surface area contributed by atoms with Gasteiger partial charge in [-0.15, -0.1) is 0 Å². The third kappa shape index (κ3) is 5.17. The predicted molar refractivity (Wildman–Crippen MR) is 105 cm³/mol. The van der Waals surface area contributed by atoms with Gasteiger partial charge in [-0.25, -0.2) is 4.79 Å². The smallest absolute Gasteiger partial charge is 0.312 e. The van der Waals surface area contributed by atoms with E-state index in [9.17, 15) is 14.4 Å². The van der Waals surface area contributed by atoms with E-state index in [-0.39, 0.29) is 24.4 Å². The monoisotopic (exact) mass is 404 g/mol. The van der Waals surface area contributed by atoms with E-state index in [1.54, 1.807) is 12.0 Å². The maximum Gasteiger partial charge on any atom is 0.312 e. The lowest BCUT2D eigenvalue weighted by molar-refractivity contribution is -0.153. The molecule has 2 heterocycles. The summed E-state index contributed by atoms with van der Waals surface area (Å²) in [5.74, 6) is 0.406. The fourth-order valence-corrected chi connectivity index (χ4v) is 3.82. The molecule has 4 amide bonds. The standard InChI is InChI=1S/C20H28N4O5/c1-28-16-4-2-3-14(9-16)10-20(18(26)23-15-5-7-29-8-6-15)12-24(13-20)17(25)11-22-19(21)27/h2-4,9,15H,5-8,10-13H2,1H3,(H,23,26)(H3,21,22,27). The van der Waals surface area contributed by atoms with E-state index in [0.29, 0.717) is 32.7 Å². The Morgan fingerprint density at radius 1 is 1.28 bits per heavy atom. The molecule has 2 fully saturated rings. The van der Waals surface area contributed by atoms with Gasteiger partial charge in [0, 0.05) is 32.3 Å². The highest BCUT2D eigenvalue weighted by molar-refractivity contribution is 5.90. The quantitative estimate of drug-likeness (QED) is 0.592. The minimum atomic E-state index is -0.751. The first-order valence-electron chi connectivity index (χ1n) is 9.74. The normalized spacial score (nSPS) is 18.4. The number of nitrogens with zero attached hydrogens (tertiary/aromatic N) is 1. The molecule has 9 heteroatoms. The summed E-state index contributed by atoms with van der Waals surface area (Å²) in [5, 5.41) is 5.44. The molecule has 0 aliphatic carbocycles. The second-order valence-corrected chi connectivity index (χ2v) is 7.64. The summed E-state index contributed by atoms with van der Waals surface area (Å²) >= 11 is 0.